The largest absolute Gasteiger partial charge is 0.352 e. The summed E-state index contributed by atoms with van der Waals surface area (Å²) in [5.41, 5.74) is 2.04. The zero-order valence-corrected chi connectivity index (χ0v) is 22.0. The molecule has 3 aromatic carbocycles. The normalized spacial score (nSPS) is 14.7. The van der Waals surface area contributed by atoms with Crippen molar-refractivity contribution in [3.63, 3.8) is 0 Å². The predicted octanol–water partition coefficient (Wildman–Crippen LogP) is 6.52. The highest BCUT2D eigenvalue weighted by Crippen LogP contribution is 2.23. The number of rotatable bonds is 10. The first-order valence-electron chi connectivity index (χ1n) is 12.6. The minimum Gasteiger partial charge on any atom is -0.352 e. The summed E-state index contributed by atoms with van der Waals surface area (Å²) in [5.74, 6) is 0.126. The van der Waals surface area contributed by atoms with E-state index in [4.69, 9.17) is 11.6 Å². The van der Waals surface area contributed by atoms with Gasteiger partial charge in [-0.3, -0.25) is 9.59 Å². The second-order valence-electron chi connectivity index (χ2n) is 9.30. The van der Waals surface area contributed by atoms with Crippen molar-refractivity contribution in [1.82, 2.24) is 10.2 Å². The summed E-state index contributed by atoms with van der Waals surface area (Å²) in [5, 5.41) is 3.95. The van der Waals surface area contributed by atoms with Crippen LogP contribution in [0.4, 0.5) is 0 Å². The zero-order valence-electron chi connectivity index (χ0n) is 20.4. The van der Waals surface area contributed by atoms with Gasteiger partial charge < -0.3 is 10.2 Å². The summed E-state index contributed by atoms with van der Waals surface area (Å²) in [6, 6.07) is 26.9. The van der Waals surface area contributed by atoms with Gasteiger partial charge in [0.25, 0.3) is 0 Å². The lowest BCUT2D eigenvalue weighted by Crippen LogP contribution is -2.53. The van der Waals surface area contributed by atoms with Crippen LogP contribution in [0.5, 0.6) is 0 Å². The summed E-state index contributed by atoms with van der Waals surface area (Å²) in [4.78, 5) is 30.2. The molecular formula is C30H33ClN2O2S. The number of hydrogen-bond acceptors (Lipinski definition) is 3. The standard InChI is InChI=1S/C30H33ClN2O2S/c31-25-16-18-27(19-17-25)36-22-29(34)33(21-24-12-6-2-7-13-24)28(20-23-10-4-1-5-11-23)30(35)32-26-14-8-3-9-15-26/h1-2,4-7,10-13,16-19,26,28H,3,8-9,14-15,20-22H2,(H,32,35)/t28-/m0/s1. The second kappa shape index (κ2) is 13.5. The van der Waals surface area contributed by atoms with E-state index in [0.717, 1.165) is 41.7 Å². The molecule has 4 rings (SSSR count). The number of nitrogens with zero attached hydrogens (tertiary/aromatic N) is 1. The van der Waals surface area contributed by atoms with Crippen LogP contribution in [-0.4, -0.2) is 34.6 Å². The fraction of sp³-hybridized carbons (Fsp3) is 0.333. The number of nitrogens with one attached hydrogen (secondary N) is 1. The van der Waals surface area contributed by atoms with Crippen molar-refractivity contribution in [3.8, 4) is 0 Å². The van der Waals surface area contributed by atoms with Crippen LogP contribution in [0.15, 0.2) is 89.8 Å². The van der Waals surface area contributed by atoms with Crippen LogP contribution < -0.4 is 5.32 Å². The molecule has 1 atom stereocenters. The van der Waals surface area contributed by atoms with Crippen molar-refractivity contribution in [1.29, 1.82) is 0 Å². The molecule has 6 heteroatoms. The first kappa shape index (κ1) is 26.3. The van der Waals surface area contributed by atoms with E-state index in [0.29, 0.717) is 18.0 Å². The van der Waals surface area contributed by atoms with Crippen LogP contribution >= 0.6 is 23.4 Å². The molecule has 1 aliphatic carbocycles. The van der Waals surface area contributed by atoms with Crippen molar-refractivity contribution in [3.05, 3.63) is 101 Å². The van der Waals surface area contributed by atoms with Gasteiger partial charge in [0.05, 0.1) is 5.75 Å². The summed E-state index contributed by atoms with van der Waals surface area (Å²) >= 11 is 7.49. The minimum absolute atomic E-state index is 0.0569. The van der Waals surface area contributed by atoms with E-state index in [2.05, 4.69) is 5.32 Å². The van der Waals surface area contributed by atoms with Crippen LogP contribution in [0.2, 0.25) is 5.02 Å². The highest BCUT2D eigenvalue weighted by Gasteiger charge is 2.31. The molecule has 0 aliphatic heterocycles. The molecule has 0 radical (unpaired) electrons. The molecule has 36 heavy (non-hydrogen) atoms. The van der Waals surface area contributed by atoms with Gasteiger partial charge in [0.2, 0.25) is 11.8 Å². The van der Waals surface area contributed by atoms with Gasteiger partial charge in [-0.25, -0.2) is 0 Å². The Morgan fingerprint density at radius 3 is 2.11 bits per heavy atom. The first-order chi connectivity index (χ1) is 17.6. The summed E-state index contributed by atoms with van der Waals surface area (Å²) in [6.07, 6.45) is 5.98. The average molecular weight is 521 g/mol. The molecular weight excluding hydrogens is 488 g/mol. The Labute approximate surface area is 223 Å². The Balaban J connectivity index is 1.58. The van der Waals surface area contributed by atoms with Gasteiger partial charge in [-0.05, 0) is 48.2 Å². The van der Waals surface area contributed by atoms with E-state index in [-0.39, 0.29) is 23.6 Å². The molecule has 0 saturated heterocycles. The van der Waals surface area contributed by atoms with Gasteiger partial charge >= 0.3 is 0 Å². The quantitative estimate of drug-likeness (QED) is 0.309. The molecule has 1 fully saturated rings. The Kier molecular flexibility index (Phi) is 9.88. The molecule has 4 nitrogen and oxygen atoms in total. The van der Waals surface area contributed by atoms with Gasteiger partial charge in [-0.2, -0.15) is 0 Å². The Bertz CT molecular complexity index is 1100. The molecule has 0 spiro atoms. The molecule has 2 amide bonds. The number of amides is 2. The topological polar surface area (TPSA) is 49.4 Å². The number of hydrogen-bond donors (Lipinski definition) is 1. The summed E-state index contributed by atoms with van der Waals surface area (Å²) in [7, 11) is 0. The van der Waals surface area contributed by atoms with E-state index >= 15 is 0 Å². The average Bonchev–Trinajstić information content (AvgIpc) is 2.92. The van der Waals surface area contributed by atoms with E-state index in [9.17, 15) is 9.59 Å². The van der Waals surface area contributed by atoms with Crippen LogP contribution in [0.3, 0.4) is 0 Å². The number of thioether (sulfide) groups is 1. The van der Waals surface area contributed by atoms with Crippen molar-refractivity contribution in [2.24, 2.45) is 0 Å². The lowest BCUT2D eigenvalue weighted by atomic mass is 9.94. The van der Waals surface area contributed by atoms with Crippen LogP contribution in [0, 0.1) is 0 Å². The van der Waals surface area contributed by atoms with Crippen LogP contribution in [0.1, 0.15) is 43.2 Å². The smallest absolute Gasteiger partial charge is 0.243 e. The van der Waals surface area contributed by atoms with Gasteiger partial charge in [0, 0.05) is 28.9 Å². The molecule has 0 unspecified atom stereocenters. The third kappa shape index (κ3) is 7.87. The third-order valence-electron chi connectivity index (χ3n) is 6.59. The predicted molar refractivity (Wildman–Crippen MR) is 148 cm³/mol. The molecule has 0 bridgehead atoms. The van der Waals surface area contributed by atoms with Gasteiger partial charge in [-0.1, -0.05) is 91.5 Å². The second-order valence-corrected chi connectivity index (χ2v) is 10.8. The van der Waals surface area contributed by atoms with E-state index in [1.165, 1.54) is 18.2 Å². The number of carbonyl (C=O) groups is 2. The van der Waals surface area contributed by atoms with Crippen LogP contribution in [-0.2, 0) is 22.6 Å². The fourth-order valence-electron chi connectivity index (χ4n) is 4.64. The number of halogens is 1. The number of benzene rings is 3. The van der Waals surface area contributed by atoms with Crippen molar-refractivity contribution in [2.75, 3.05) is 5.75 Å². The Morgan fingerprint density at radius 1 is 0.861 bits per heavy atom. The maximum atomic E-state index is 13.7. The van der Waals surface area contributed by atoms with E-state index < -0.39 is 6.04 Å². The first-order valence-corrected chi connectivity index (χ1v) is 14.0. The molecule has 0 aromatic heterocycles. The van der Waals surface area contributed by atoms with Gasteiger partial charge in [0.15, 0.2) is 0 Å². The van der Waals surface area contributed by atoms with E-state index in [1.54, 1.807) is 4.90 Å². The zero-order chi connectivity index (χ0) is 25.2. The van der Waals surface area contributed by atoms with Crippen molar-refractivity contribution in [2.45, 2.75) is 62.0 Å². The van der Waals surface area contributed by atoms with Crippen molar-refractivity contribution >= 4 is 35.2 Å². The molecule has 1 N–H and O–H groups in total. The summed E-state index contributed by atoms with van der Waals surface area (Å²) in [6.45, 7) is 0.385. The highest BCUT2D eigenvalue weighted by molar-refractivity contribution is 8.00. The highest BCUT2D eigenvalue weighted by atomic mass is 35.5. The van der Waals surface area contributed by atoms with Gasteiger partial charge in [0.1, 0.15) is 6.04 Å². The lowest BCUT2D eigenvalue weighted by molar-refractivity contribution is -0.139. The minimum atomic E-state index is -0.590. The summed E-state index contributed by atoms with van der Waals surface area (Å²) < 4.78 is 0. The molecule has 3 aromatic rings. The SMILES string of the molecule is O=C(NC1CCCCC1)[C@H](Cc1ccccc1)N(Cc1ccccc1)C(=O)CSc1ccc(Cl)cc1. The van der Waals surface area contributed by atoms with Crippen molar-refractivity contribution < 1.29 is 9.59 Å². The Hall–Kier alpha value is -2.76. The lowest BCUT2D eigenvalue weighted by Gasteiger charge is -2.33. The number of carbonyl (C=O) groups excluding carboxylic acids is 2. The van der Waals surface area contributed by atoms with E-state index in [1.807, 2.05) is 84.9 Å². The Morgan fingerprint density at radius 2 is 1.47 bits per heavy atom. The molecule has 0 heterocycles. The molecule has 188 valence electrons. The maximum absolute atomic E-state index is 13.7. The molecule has 1 saturated carbocycles. The fourth-order valence-corrected chi connectivity index (χ4v) is 5.55. The maximum Gasteiger partial charge on any atom is 0.243 e. The third-order valence-corrected chi connectivity index (χ3v) is 7.84. The monoisotopic (exact) mass is 520 g/mol. The molecule has 1 aliphatic rings. The van der Waals surface area contributed by atoms with Gasteiger partial charge in [-0.15, -0.1) is 11.8 Å². The van der Waals surface area contributed by atoms with Crippen LogP contribution in [0.25, 0.3) is 0 Å².